The number of imide groups is 1. The number of likely N-dealkylation sites (N-methyl/N-ethyl adjacent to an activating group) is 1. The van der Waals surface area contributed by atoms with Gasteiger partial charge in [0.2, 0.25) is 5.91 Å². The molecular weight excluding hydrogens is 370 g/mol. The summed E-state index contributed by atoms with van der Waals surface area (Å²) in [5.41, 5.74) is 3.47. The Morgan fingerprint density at radius 1 is 1.14 bits per heavy atom. The summed E-state index contributed by atoms with van der Waals surface area (Å²) in [6, 6.07) is 3.38. The van der Waals surface area contributed by atoms with Crippen molar-refractivity contribution in [1.82, 2.24) is 15.5 Å². The molecule has 1 aromatic rings. The molecule has 0 aliphatic heterocycles. The van der Waals surface area contributed by atoms with Crippen LogP contribution < -0.4 is 20.1 Å². The van der Waals surface area contributed by atoms with Crippen LogP contribution in [0.3, 0.4) is 0 Å². The molecule has 0 heterocycles. The molecule has 0 aromatic heterocycles. The molecule has 1 aliphatic carbocycles. The second kappa shape index (κ2) is 11.5. The van der Waals surface area contributed by atoms with Gasteiger partial charge in [-0.15, -0.1) is 0 Å². The Morgan fingerprint density at radius 2 is 1.86 bits per heavy atom. The maximum Gasteiger partial charge on any atom is 0.321 e. The second-order valence-electron chi connectivity index (χ2n) is 7.47. The van der Waals surface area contributed by atoms with Crippen molar-refractivity contribution in [2.75, 3.05) is 34.4 Å². The van der Waals surface area contributed by atoms with Crippen LogP contribution in [-0.4, -0.2) is 51.2 Å². The molecule has 0 fully saturated rings. The van der Waals surface area contributed by atoms with Crippen molar-refractivity contribution in [3.63, 3.8) is 0 Å². The first-order valence-electron chi connectivity index (χ1n) is 10.1. The summed E-state index contributed by atoms with van der Waals surface area (Å²) in [6.07, 6.45) is 7.83. The van der Waals surface area contributed by atoms with Gasteiger partial charge in [-0.1, -0.05) is 11.6 Å². The molecule has 29 heavy (non-hydrogen) atoms. The van der Waals surface area contributed by atoms with E-state index in [1.807, 2.05) is 31.0 Å². The predicted molar refractivity (Wildman–Crippen MR) is 113 cm³/mol. The third-order valence-corrected chi connectivity index (χ3v) is 5.07. The van der Waals surface area contributed by atoms with Crippen molar-refractivity contribution in [2.24, 2.45) is 0 Å². The maximum absolute atomic E-state index is 12.2. The summed E-state index contributed by atoms with van der Waals surface area (Å²) >= 11 is 0. The number of carbonyl (C=O) groups excluding carboxylic acids is 2. The number of urea groups is 1. The number of aryl methyl sites for hydroxylation is 1. The van der Waals surface area contributed by atoms with Crippen LogP contribution in [0.2, 0.25) is 0 Å². The van der Waals surface area contributed by atoms with E-state index in [0.717, 1.165) is 30.4 Å². The quantitative estimate of drug-likeness (QED) is 0.619. The number of amides is 3. The standard InChI is InChI=1S/C22H33N3O4/c1-16-12-19(28-3)20(29-4)13-18(16)14-25(2)15-21(26)24-22(27)23-11-10-17-8-6-5-7-9-17/h8,12-13H,5-7,9-11,14-15H2,1-4H3,(H2,23,24,26,27). The summed E-state index contributed by atoms with van der Waals surface area (Å²) in [7, 11) is 5.03. The molecule has 0 spiro atoms. The molecule has 1 aliphatic rings. The van der Waals surface area contributed by atoms with E-state index < -0.39 is 6.03 Å². The van der Waals surface area contributed by atoms with Gasteiger partial charge in [0.25, 0.3) is 0 Å². The smallest absolute Gasteiger partial charge is 0.321 e. The molecule has 0 atom stereocenters. The summed E-state index contributed by atoms with van der Waals surface area (Å²) < 4.78 is 10.7. The Morgan fingerprint density at radius 3 is 2.52 bits per heavy atom. The fraction of sp³-hybridized carbons (Fsp3) is 0.545. The van der Waals surface area contributed by atoms with Crippen LogP contribution in [0.1, 0.15) is 43.2 Å². The Balaban J connectivity index is 1.76. The average molecular weight is 404 g/mol. The number of methoxy groups -OCH3 is 2. The summed E-state index contributed by atoms with van der Waals surface area (Å²) in [5.74, 6) is 0.994. The van der Waals surface area contributed by atoms with Crippen molar-refractivity contribution >= 4 is 11.9 Å². The summed E-state index contributed by atoms with van der Waals surface area (Å²) in [4.78, 5) is 25.9. The number of ether oxygens (including phenoxy) is 2. The number of benzene rings is 1. The SMILES string of the molecule is COc1cc(C)c(CN(C)CC(=O)NC(=O)NCCC2=CCCCC2)cc1OC. The van der Waals surface area contributed by atoms with Crippen LogP contribution in [-0.2, 0) is 11.3 Å². The molecule has 7 heteroatoms. The van der Waals surface area contributed by atoms with Crippen molar-refractivity contribution < 1.29 is 19.1 Å². The minimum Gasteiger partial charge on any atom is -0.493 e. The van der Waals surface area contributed by atoms with E-state index in [-0.39, 0.29) is 12.5 Å². The number of nitrogens with one attached hydrogen (secondary N) is 2. The van der Waals surface area contributed by atoms with Crippen molar-refractivity contribution in [3.05, 3.63) is 34.9 Å². The Kier molecular flexibility index (Phi) is 8.99. The molecule has 0 radical (unpaired) electrons. The fourth-order valence-electron chi connectivity index (χ4n) is 3.46. The summed E-state index contributed by atoms with van der Waals surface area (Å²) in [6.45, 7) is 3.20. The third kappa shape index (κ3) is 7.42. The predicted octanol–water partition coefficient (Wildman–Crippen LogP) is 3.16. The first-order valence-corrected chi connectivity index (χ1v) is 10.1. The largest absolute Gasteiger partial charge is 0.493 e. The maximum atomic E-state index is 12.2. The zero-order valence-corrected chi connectivity index (χ0v) is 18.0. The van der Waals surface area contributed by atoms with Crippen LogP contribution >= 0.6 is 0 Å². The van der Waals surface area contributed by atoms with E-state index in [1.165, 1.54) is 18.4 Å². The lowest BCUT2D eigenvalue weighted by atomic mass is 9.97. The molecule has 3 amide bonds. The molecule has 160 valence electrons. The highest BCUT2D eigenvalue weighted by molar-refractivity contribution is 5.95. The molecule has 7 nitrogen and oxygen atoms in total. The number of carbonyl (C=O) groups is 2. The van der Waals surface area contributed by atoms with E-state index >= 15 is 0 Å². The lowest BCUT2D eigenvalue weighted by Crippen LogP contribution is -2.44. The second-order valence-corrected chi connectivity index (χ2v) is 7.47. The van der Waals surface area contributed by atoms with Crippen LogP contribution in [0, 0.1) is 6.92 Å². The van der Waals surface area contributed by atoms with Crippen LogP contribution in [0.4, 0.5) is 4.79 Å². The van der Waals surface area contributed by atoms with Gasteiger partial charge < -0.3 is 14.8 Å². The Hall–Kier alpha value is -2.54. The first kappa shape index (κ1) is 22.7. The minimum atomic E-state index is -0.442. The number of allylic oxidation sites excluding steroid dienone is 1. The van der Waals surface area contributed by atoms with Crippen molar-refractivity contribution in [2.45, 2.75) is 45.6 Å². The van der Waals surface area contributed by atoms with Crippen LogP contribution in [0.15, 0.2) is 23.8 Å². The molecule has 2 rings (SSSR count). The van der Waals surface area contributed by atoms with Crippen molar-refractivity contribution in [3.8, 4) is 11.5 Å². The van der Waals surface area contributed by atoms with E-state index in [4.69, 9.17) is 9.47 Å². The van der Waals surface area contributed by atoms with Gasteiger partial charge in [-0.05, 0) is 69.3 Å². The minimum absolute atomic E-state index is 0.117. The van der Waals surface area contributed by atoms with Gasteiger partial charge in [0, 0.05) is 13.1 Å². The third-order valence-electron chi connectivity index (χ3n) is 5.07. The van der Waals surface area contributed by atoms with Gasteiger partial charge in [0.15, 0.2) is 11.5 Å². The lowest BCUT2D eigenvalue weighted by molar-refractivity contribution is -0.120. The molecule has 0 saturated carbocycles. The van der Waals surface area contributed by atoms with Crippen molar-refractivity contribution in [1.29, 1.82) is 0 Å². The highest BCUT2D eigenvalue weighted by Crippen LogP contribution is 2.30. The fourth-order valence-corrected chi connectivity index (χ4v) is 3.46. The van der Waals surface area contributed by atoms with E-state index in [1.54, 1.807) is 14.2 Å². The van der Waals surface area contributed by atoms with Gasteiger partial charge in [-0.25, -0.2) is 4.79 Å². The van der Waals surface area contributed by atoms with Crippen LogP contribution in [0.25, 0.3) is 0 Å². The number of hydrogen-bond acceptors (Lipinski definition) is 5. The van der Waals surface area contributed by atoms with Crippen LogP contribution in [0.5, 0.6) is 11.5 Å². The monoisotopic (exact) mass is 403 g/mol. The van der Waals surface area contributed by atoms with Gasteiger partial charge in [-0.3, -0.25) is 15.0 Å². The average Bonchev–Trinajstić information content (AvgIpc) is 2.69. The number of rotatable bonds is 9. The Bertz CT molecular complexity index is 746. The lowest BCUT2D eigenvalue weighted by Gasteiger charge is -2.19. The highest BCUT2D eigenvalue weighted by atomic mass is 16.5. The van der Waals surface area contributed by atoms with E-state index in [0.29, 0.717) is 24.6 Å². The molecule has 2 N–H and O–H groups in total. The van der Waals surface area contributed by atoms with Gasteiger partial charge in [-0.2, -0.15) is 0 Å². The van der Waals surface area contributed by atoms with Gasteiger partial charge in [0.05, 0.1) is 20.8 Å². The topological polar surface area (TPSA) is 79.9 Å². The Labute approximate surface area is 173 Å². The van der Waals surface area contributed by atoms with E-state index in [9.17, 15) is 9.59 Å². The number of hydrogen-bond donors (Lipinski definition) is 2. The van der Waals surface area contributed by atoms with E-state index in [2.05, 4.69) is 16.7 Å². The zero-order valence-electron chi connectivity index (χ0n) is 18.0. The zero-order chi connectivity index (χ0) is 21.2. The normalized spacial score (nSPS) is 13.6. The first-order chi connectivity index (χ1) is 13.9. The van der Waals surface area contributed by atoms with Gasteiger partial charge in [0.1, 0.15) is 0 Å². The highest BCUT2D eigenvalue weighted by Gasteiger charge is 2.14. The number of nitrogens with zero attached hydrogens (tertiary/aromatic N) is 1. The molecular formula is C22H33N3O4. The van der Waals surface area contributed by atoms with Gasteiger partial charge >= 0.3 is 6.03 Å². The summed E-state index contributed by atoms with van der Waals surface area (Å²) in [5, 5.41) is 5.15. The molecule has 1 aromatic carbocycles. The molecule has 0 bridgehead atoms. The molecule has 0 saturated heterocycles. The molecule has 0 unspecified atom stereocenters.